The highest BCUT2D eigenvalue weighted by molar-refractivity contribution is 6.13. The first-order chi connectivity index (χ1) is 15.5. The minimum Gasteiger partial charge on any atom is -0.330 e. The van der Waals surface area contributed by atoms with E-state index in [9.17, 15) is 27.6 Å². The van der Waals surface area contributed by atoms with Crippen molar-refractivity contribution in [3.05, 3.63) is 47.2 Å². The highest BCUT2D eigenvalue weighted by Crippen LogP contribution is 2.52. The molecule has 0 bridgehead atoms. The van der Waals surface area contributed by atoms with Crippen LogP contribution in [0.15, 0.2) is 41.6 Å². The third-order valence-corrected chi connectivity index (χ3v) is 7.01. The van der Waals surface area contributed by atoms with E-state index in [0.29, 0.717) is 18.4 Å². The van der Waals surface area contributed by atoms with E-state index >= 15 is 0 Å². The second kappa shape index (κ2) is 8.29. The summed E-state index contributed by atoms with van der Waals surface area (Å²) in [6, 6.07) is 8.69. The number of benzene rings is 1. The number of amides is 2. The van der Waals surface area contributed by atoms with Gasteiger partial charge in [0.1, 0.15) is 0 Å². The third-order valence-electron chi connectivity index (χ3n) is 7.01. The maximum absolute atomic E-state index is 14.8. The van der Waals surface area contributed by atoms with Crippen molar-refractivity contribution < 1.29 is 27.6 Å². The van der Waals surface area contributed by atoms with E-state index in [1.807, 2.05) is 0 Å². The van der Waals surface area contributed by atoms with Gasteiger partial charge in [-0.25, -0.2) is 0 Å². The van der Waals surface area contributed by atoms with Crippen LogP contribution in [-0.4, -0.2) is 34.2 Å². The lowest BCUT2D eigenvalue weighted by molar-refractivity contribution is -0.195. The molecule has 1 aromatic rings. The van der Waals surface area contributed by atoms with Crippen molar-refractivity contribution in [1.82, 2.24) is 10.2 Å². The Morgan fingerprint density at radius 3 is 2.30 bits per heavy atom. The first-order valence-electron chi connectivity index (χ1n) is 11.5. The molecule has 1 aromatic carbocycles. The molecular weight excluding hydrogens is 433 g/mol. The smallest absolute Gasteiger partial charge is 0.330 e. The van der Waals surface area contributed by atoms with Gasteiger partial charge in [-0.3, -0.25) is 14.4 Å². The SMILES string of the molecule is CC1(C)CC(=O)C2=C(C1)N(Cc1ccccc1)C(=O)C2(NC(=O)C1CCCCC1)C(F)(F)F. The van der Waals surface area contributed by atoms with E-state index < -0.39 is 46.2 Å². The van der Waals surface area contributed by atoms with Gasteiger partial charge >= 0.3 is 6.18 Å². The Morgan fingerprint density at radius 1 is 1.06 bits per heavy atom. The van der Waals surface area contributed by atoms with Crippen LogP contribution in [0.4, 0.5) is 13.2 Å². The maximum Gasteiger partial charge on any atom is 0.425 e. The van der Waals surface area contributed by atoms with Crippen LogP contribution in [0, 0.1) is 11.3 Å². The van der Waals surface area contributed by atoms with Crippen molar-refractivity contribution in [2.45, 2.75) is 77.1 Å². The van der Waals surface area contributed by atoms with Gasteiger partial charge in [0.25, 0.3) is 5.91 Å². The van der Waals surface area contributed by atoms with Gasteiger partial charge in [-0.05, 0) is 30.2 Å². The molecule has 0 saturated heterocycles. The summed E-state index contributed by atoms with van der Waals surface area (Å²) in [5.74, 6) is -3.41. The summed E-state index contributed by atoms with van der Waals surface area (Å²) in [5.41, 5.74) is -3.81. The molecule has 2 aliphatic carbocycles. The number of allylic oxidation sites excluding steroid dienone is 1. The summed E-state index contributed by atoms with van der Waals surface area (Å²) >= 11 is 0. The van der Waals surface area contributed by atoms with Gasteiger partial charge in [-0.1, -0.05) is 63.4 Å². The van der Waals surface area contributed by atoms with Crippen molar-refractivity contribution in [1.29, 1.82) is 0 Å². The molecule has 2 amide bonds. The van der Waals surface area contributed by atoms with Crippen LogP contribution in [0.3, 0.4) is 0 Å². The highest BCUT2D eigenvalue weighted by Gasteiger charge is 2.71. The van der Waals surface area contributed by atoms with Crippen molar-refractivity contribution in [2.75, 3.05) is 0 Å². The van der Waals surface area contributed by atoms with Gasteiger partial charge in [0, 0.05) is 18.0 Å². The Labute approximate surface area is 191 Å². The van der Waals surface area contributed by atoms with Crippen LogP contribution in [-0.2, 0) is 20.9 Å². The Bertz CT molecular complexity index is 994. The van der Waals surface area contributed by atoms with E-state index in [4.69, 9.17) is 0 Å². The van der Waals surface area contributed by atoms with Crippen molar-refractivity contribution >= 4 is 17.6 Å². The predicted molar refractivity (Wildman–Crippen MR) is 116 cm³/mol. The second-order valence-electron chi connectivity index (χ2n) is 10.2. The van der Waals surface area contributed by atoms with Gasteiger partial charge < -0.3 is 10.2 Å². The van der Waals surface area contributed by atoms with Crippen LogP contribution in [0.2, 0.25) is 0 Å². The highest BCUT2D eigenvalue weighted by atomic mass is 19.4. The summed E-state index contributed by atoms with van der Waals surface area (Å²) in [5, 5.41) is 2.09. The zero-order valence-corrected chi connectivity index (χ0v) is 18.9. The summed E-state index contributed by atoms with van der Waals surface area (Å²) in [6.45, 7) is 3.50. The van der Waals surface area contributed by atoms with E-state index in [1.165, 1.54) is 0 Å². The molecule has 8 heteroatoms. The molecule has 3 aliphatic rings. The Balaban J connectivity index is 1.82. The predicted octanol–water partition coefficient (Wildman–Crippen LogP) is 4.67. The van der Waals surface area contributed by atoms with Crippen molar-refractivity contribution in [2.24, 2.45) is 11.3 Å². The fraction of sp³-hybridized carbons (Fsp3) is 0.560. The molecule has 1 atom stereocenters. The molecular formula is C25H29F3N2O3. The van der Waals surface area contributed by atoms with Gasteiger partial charge in [0.2, 0.25) is 11.4 Å². The van der Waals surface area contributed by atoms with Crippen LogP contribution < -0.4 is 5.32 Å². The number of rotatable bonds is 4. The standard InChI is InChI=1S/C25H29F3N2O3/c1-23(2)13-18-20(19(31)14-23)24(25(26,27)28,29-21(32)17-11-7-4-8-12-17)22(33)30(18)15-16-9-5-3-6-10-16/h3,5-6,9-10,17H,4,7-8,11-15H2,1-2H3,(H,29,32). The van der Waals surface area contributed by atoms with E-state index in [-0.39, 0.29) is 25.1 Å². The summed E-state index contributed by atoms with van der Waals surface area (Å²) in [6.07, 6.45) is -1.72. The number of halogens is 3. The monoisotopic (exact) mass is 462 g/mol. The molecule has 178 valence electrons. The molecule has 0 spiro atoms. The van der Waals surface area contributed by atoms with Gasteiger partial charge in [0.15, 0.2) is 5.78 Å². The fourth-order valence-corrected chi connectivity index (χ4v) is 5.41. The van der Waals surface area contributed by atoms with Crippen LogP contribution in [0.25, 0.3) is 0 Å². The Morgan fingerprint density at radius 2 is 1.70 bits per heavy atom. The molecule has 0 radical (unpaired) electrons. The largest absolute Gasteiger partial charge is 0.425 e. The summed E-state index contributed by atoms with van der Waals surface area (Å²) in [4.78, 5) is 40.9. The zero-order valence-electron chi connectivity index (χ0n) is 18.9. The first-order valence-corrected chi connectivity index (χ1v) is 11.5. The number of Topliss-reactive ketones (excluding diaryl/α,β-unsaturated/α-hetero) is 1. The van der Waals surface area contributed by atoms with Gasteiger partial charge in [-0.2, -0.15) is 13.2 Å². The number of hydrogen-bond acceptors (Lipinski definition) is 3. The summed E-state index contributed by atoms with van der Waals surface area (Å²) < 4.78 is 44.4. The quantitative estimate of drug-likeness (QED) is 0.707. The molecule has 1 aliphatic heterocycles. The lowest BCUT2D eigenvalue weighted by Crippen LogP contribution is -2.67. The number of hydrogen-bond donors (Lipinski definition) is 1. The average molecular weight is 463 g/mol. The lowest BCUT2D eigenvalue weighted by atomic mass is 9.72. The van der Waals surface area contributed by atoms with E-state index in [2.05, 4.69) is 5.32 Å². The molecule has 1 heterocycles. The maximum atomic E-state index is 14.8. The number of carbonyl (C=O) groups is 3. The van der Waals surface area contributed by atoms with Crippen molar-refractivity contribution in [3.63, 3.8) is 0 Å². The number of carbonyl (C=O) groups excluding carboxylic acids is 3. The average Bonchev–Trinajstić information content (AvgIpc) is 2.97. The molecule has 0 aromatic heterocycles. The molecule has 1 N–H and O–H groups in total. The Kier molecular flexibility index (Phi) is 5.91. The fourth-order valence-electron chi connectivity index (χ4n) is 5.41. The second-order valence-corrected chi connectivity index (χ2v) is 10.2. The lowest BCUT2D eigenvalue weighted by Gasteiger charge is -2.36. The third kappa shape index (κ3) is 4.08. The van der Waals surface area contributed by atoms with E-state index in [1.54, 1.807) is 44.2 Å². The minimum atomic E-state index is -5.16. The zero-order chi connectivity index (χ0) is 24.0. The molecule has 4 rings (SSSR count). The van der Waals surface area contributed by atoms with Crippen LogP contribution in [0.1, 0.15) is 64.4 Å². The van der Waals surface area contributed by atoms with Crippen molar-refractivity contribution in [3.8, 4) is 0 Å². The van der Waals surface area contributed by atoms with Gasteiger partial charge in [0.05, 0.1) is 12.1 Å². The molecule has 1 fully saturated rings. The number of ketones is 1. The molecule has 5 nitrogen and oxygen atoms in total. The van der Waals surface area contributed by atoms with E-state index in [0.717, 1.165) is 24.2 Å². The normalized spacial score (nSPS) is 25.9. The summed E-state index contributed by atoms with van der Waals surface area (Å²) in [7, 11) is 0. The van der Waals surface area contributed by atoms with Crippen LogP contribution in [0.5, 0.6) is 0 Å². The van der Waals surface area contributed by atoms with Crippen LogP contribution >= 0.6 is 0 Å². The molecule has 1 unspecified atom stereocenters. The number of nitrogens with one attached hydrogen (secondary N) is 1. The molecule has 33 heavy (non-hydrogen) atoms. The number of alkyl halides is 3. The Hall–Kier alpha value is -2.64. The number of nitrogens with zero attached hydrogens (tertiary/aromatic N) is 1. The molecule has 1 saturated carbocycles. The van der Waals surface area contributed by atoms with Gasteiger partial charge in [-0.15, -0.1) is 0 Å². The minimum absolute atomic E-state index is 0.0753. The first kappa shape index (κ1) is 23.5. The topological polar surface area (TPSA) is 66.5 Å².